The summed E-state index contributed by atoms with van der Waals surface area (Å²) < 4.78 is 19.9. The van der Waals surface area contributed by atoms with Crippen LogP contribution in [0.25, 0.3) is 11.3 Å². The predicted molar refractivity (Wildman–Crippen MR) is 156 cm³/mol. The van der Waals surface area contributed by atoms with Crippen molar-refractivity contribution < 1.29 is 19.0 Å². The van der Waals surface area contributed by atoms with E-state index in [4.69, 9.17) is 21.4 Å². The van der Waals surface area contributed by atoms with Crippen LogP contribution in [0.2, 0.25) is 5.02 Å². The van der Waals surface area contributed by atoms with Gasteiger partial charge in [-0.15, -0.1) is 22.0 Å². The normalized spacial score (nSPS) is 14.3. The highest BCUT2D eigenvalue weighted by Crippen LogP contribution is 2.32. The Labute approximate surface area is 242 Å². The van der Waals surface area contributed by atoms with Crippen molar-refractivity contribution in [1.82, 2.24) is 25.0 Å². The van der Waals surface area contributed by atoms with Gasteiger partial charge in [-0.3, -0.25) is 4.79 Å². The van der Waals surface area contributed by atoms with Gasteiger partial charge in [-0.1, -0.05) is 11.6 Å². The lowest BCUT2D eigenvalue weighted by Crippen LogP contribution is -2.45. The SMILES string of the molecule is CN1CCN(CCC(=O)Nc2cc(Nc3cc(-c4cc(Cl)ccc4F)nnc3SCCOCCO)ccn2)CC1. The highest BCUT2D eigenvalue weighted by Gasteiger charge is 2.16. The van der Waals surface area contributed by atoms with E-state index in [2.05, 4.69) is 42.7 Å². The number of rotatable bonds is 13. The Morgan fingerprint density at radius 2 is 1.98 bits per heavy atom. The van der Waals surface area contributed by atoms with E-state index in [9.17, 15) is 9.18 Å². The third-order valence-corrected chi connectivity index (χ3v) is 7.40. The summed E-state index contributed by atoms with van der Waals surface area (Å²) in [5, 5.41) is 24.6. The van der Waals surface area contributed by atoms with Gasteiger partial charge in [0.15, 0.2) is 0 Å². The Morgan fingerprint density at radius 3 is 2.77 bits per heavy atom. The maximum atomic E-state index is 14.6. The quantitative estimate of drug-likeness (QED) is 0.201. The minimum absolute atomic E-state index is 0.0477. The Morgan fingerprint density at radius 1 is 1.15 bits per heavy atom. The van der Waals surface area contributed by atoms with E-state index in [1.807, 2.05) is 0 Å². The highest BCUT2D eigenvalue weighted by molar-refractivity contribution is 7.99. The van der Waals surface area contributed by atoms with Crippen LogP contribution in [0.5, 0.6) is 0 Å². The first-order valence-corrected chi connectivity index (χ1v) is 14.4. The number of aliphatic hydroxyl groups excluding tert-OH is 1. The zero-order chi connectivity index (χ0) is 28.3. The number of amides is 1. The first-order chi connectivity index (χ1) is 19.4. The largest absolute Gasteiger partial charge is 0.394 e. The molecule has 0 atom stereocenters. The van der Waals surface area contributed by atoms with Gasteiger partial charge in [0, 0.05) is 73.4 Å². The van der Waals surface area contributed by atoms with Gasteiger partial charge in [-0.2, -0.15) is 0 Å². The fourth-order valence-electron chi connectivity index (χ4n) is 4.03. The number of hydrogen-bond donors (Lipinski definition) is 3. The monoisotopic (exact) mass is 589 g/mol. The number of anilines is 3. The molecule has 0 saturated carbocycles. The van der Waals surface area contributed by atoms with Crippen molar-refractivity contribution in [2.24, 2.45) is 0 Å². The van der Waals surface area contributed by atoms with E-state index in [0.29, 0.717) is 58.3 Å². The summed E-state index contributed by atoms with van der Waals surface area (Å²) in [6.45, 7) is 5.24. The van der Waals surface area contributed by atoms with Gasteiger partial charge < -0.3 is 30.3 Å². The fraction of sp³-hybridized carbons (Fsp3) is 0.407. The number of piperazine rings is 1. The first kappa shape index (κ1) is 30.1. The van der Waals surface area contributed by atoms with Gasteiger partial charge in [0.25, 0.3) is 0 Å². The van der Waals surface area contributed by atoms with Gasteiger partial charge in [-0.25, -0.2) is 9.37 Å². The summed E-state index contributed by atoms with van der Waals surface area (Å²) in [6, 6.07) is 9.46. The lowest BCUT2D eigenvalue weighted by atomic mass is 10.1. The Bertz CT molecular complexity index is 1280. The molecule has 1 aromatic carbocycles. The number of ether oxygens (including phenoxy) is 1. The van der Waals surface area contributed by atoms with E-state index in [0.717, 1.165) is 26.2 Å². The number of aromatic nitrogens is 3. The summed E-state index contributed by atoms with van der Waals surface area (Å²) in [5.41, 5.74) is 1.80. The summed E-state index contributed by atoms with van der Waals surface area (Å²) in [5.74, 6) is 0.419. The predicted octanol–water partition coefficient (Wildman–Crippen LogP) is 3.75. The maximum Gasteiger partial charge on any atom is 0.226 e. The van der Waals surface area contributed by atoms with E-state index in [-0.39, 0.29) is 24.7 Å². The van der Waals surface area contributed by atoms with Crippen LogP contribution in [0.15, 0.2) is 47.6 Å². The lowest BCUT2D eigenvalue weighted by molar-refractivity contribution is -0.116. The van der Waals surface area contributed by atoms with Crippen molar-refractivity contribution in [2.45, 2.75) is 11.4 Å². The maximum absolute atomic E-state index is 14.6. The standard InChI is InChI=1S/C27H33ClFN7O3S/c1-35-8-10-36(11-9-35)7-5-26(38)32-25-17-20(4-6-30-25)31-24-18-23(21-16-19(28)2-3-22(21)29)33-34-27(24)40-15-14-39-13-12-37/h2-4,6,16-18,37H,5,7-15H2,1H3,(H2,30,31,32,33,38). The average molecular weight is 590 g/mol. The number of halogens is 2. The number of carbonyl (C=O) groups excluding carboxylic acids is 1. The molecule has 3 N–H and O–H groups in total. The van der Waals surface area contributed by atoms with Crippen LogP contribution < -0.4 is 10.6 Å². The first-order valence-electron chi connectivity index (χ1n) is 13.0. The van der Waals surface area contributed by atoms with Crippen LogP contribution in [0, 0.1) is 5.82 Å². The molecule has 0 radical (unpaired) electrons. The third-order valence-electron chi connectivity index (χ3n) is 6.22. The van der Waals surface area contributed by atoms with Crippen LogP contribution in [0.3, 0.4) is 0 Å². The molecule has 4 rings (SSSR count). The van der Waals surface area contributed by atoms with Crippen molar-refractivity contribution in [3.63, 3.8) is 0 Å². The third kappa shape index (κ3) is 9.08. The number of thioether (sulfide) groups is 1. The zero-order valence-electron chi connectivity index (χ0n) is 22.3. The molecular weight excluding hydrogens is 557 g/mol. The Hall–Kier alpha value is -2.87. The molecule has 3 heterocycles. The fourth-order valence-corrected chi connectivity index (χ4v) is 4.97. The van der Waals surface area contributed by atoms with Crippen molar-refractivity contribution in [2.75, 3.05) is 76.0 Å². The van der Waals surface area contributed by atoms with Crippen molar-refractivity contribution in [3.8, 4) is 11.3 Å². The molecule has 1 fully saturated rings. The highest BCUT2D eigenvalue weighted by atomic mass is 35.5. The Balaban J connectivity index is 1.46. The molecule has 214 valence electrons. The number of nitrogens with one attached hydrogen (secondary N) is 2. The minimum Gasteiger partial charge on any atom is -0.394 e. The number of nitrogens with zero attached hydrogens (tertiary/aromatic N) is 5. The van der Waals surface area contributed by atoms with E-state index < -0.39 is 5.82 Å². The van der Waals surface area contributed by atoms with E-state index >= 15 is 0 Å². The van der Waals surface area contributed by atoms with Crippen molar-refractivity contribution in [3.05, 3.63) is 53.4 Å². The van der Waals surface area contributed by atoms with Crippen LogP contribution in [0.4, 0.5) is 21.6 Å². The van der Waals surface area contributed by atoms with Crippen molar-refractivity contribution >= 4 is 46.5 Å². The molecule has 0 aliphatic carbocycles. The molecule has 3 aromatic rings. The number of likely N-dealkylation sites (N-methyl/N-ethyl adjacent to an activating group) is 1. The van der Waals surface area contributed by atoms with Gasteiger partial charge in [0.1, 0.15) is 16.7 Å². The molecule has 0 bridgehead atoms. The van der Waals surface area contributed by atoms with E-state index in [1.165, 1.54) is 30.0 Å². The van der Waals surface area contributed by atoms with Crippen molar-refractivity contribution in [1.29, 1.82) is 0 Å². The molecule has 0 spiro atoms. The molecular formula is C27H33ClFN7O3S. The van der Waals surface area contributed by atoms with Crippen LogP contribution in [0.1, 0.15) is 6.42 Å². The molecule has 13 heteroatoms. The number of hydrogen-bond acceptors (Lipinski definition) is 10. The van der Waals surface area contributed by atoms with Gasteiger partial charge in [0.2, 0.25) is 5.91 Å². The second-order valence-electron chi connectivity index (χ2n) is 9.25. The summed E-state index contributed by atoms with van der Waals surface area (Å²) in [4.78, 5) is 21.4. The molecule has 1 saturated heterocycles. The molecule has 2 aromatic heterocycles. The van der Waals surface area contributed by atoms with Crippen LogP contribution in [-0.2, 0) is 9.53 Å². The molecule has 1 amide bonds. The van der Waals surface area contributed by atoms with Gasteiger partial charge >= 0.3 is 0 Å². The minimum atomic E-state index is -0.465. The second kappa shape index (κ2) is 15.2. The molecule has 0 unspecified atom stereocenters. The smallest absolute Gasteiger partial charge is 0.226 e. The second-order valence-corrected chi connectivity index (χ2v) is 10.8. The lowest BCUT2D eigenvalue weighted by Gasteiger charge is -2.32. The summed E-state index contributed by atoms with van der Waals surface area (Å²) in [6.07, 6.45) is 1.98. The summed E-state index contributed by atoms with van der Waals surface area (Å²) in [7, 11) is 2.10. The van der Waals surface area contributed by atoms with E-state index in [1.54, 1.807) is 24.4 Å². The van der Waals surface area contributed by atoms with Gasteiger partial charge in [-0.05, 0) is 37.4 Å². The van der Waals surface area contributed by atoms with Gasteiger partial charge in [0.05, 0.1) is 31.2 Å². The topological polar surface area (TPSA) is 116 Å². The zero-order valence-corrected chi connectivity index (χ0v) is 23.8. The molecule has 1 aliphatic heterocycles. The number of benzene rings is 1. The number of aliphatic hydroxyl groups is 1. The molecule has 10 nitrogen and oxygen atoms in total. The van der Waals surface area contributed by atoms with Crippen LogP contribution in [-0.4, -0.2) is 101 Å². The number of carbonyl (C=O) groups is 1. The molecule has 1 aliphatic rings. The summed E-state index contributed by atoms with van der Waals surface area (Å²) >= 11 is 7.50. The molecule has 40 heavy (non-hydrogen) atoms. The average Bonchev–Trinajstić information content (AvgIpc) is 2.95. The Kier molecular flexibility index (Phi) is 11.5. The van der Waals surface area contributed by atoms with Crippen LogP contribution >= 0.6 is 23.4 Å². The number of pyridine rings is 1.